The Bertz CT molecular complexity index is 637. The van der Waals surface area contributed by atoms with Crippen molar-refractivity contribution in [3.63, 3.8) is 0 Å². The average molecular weight is 277 g/mol. The van der Waals surface area contributed by atoms with Gasteiger partial charge in [-0.3, -0.25) is 4.79 Å². The molecule has 0 aromatic heterocycles. The van der Waals surface area contributed by atoms with E-state index in [-0.39, 0.29) is 28.5 Å². The summed E-state index contributed by atoms with van der Waals surface area (Å²) in [6, 6.07) is 7.54. The molecule has 3 N–H and O–H groups in total. The highest BCUT2D eigenvalue weighted by Crippen LogP contribution is 2.30. The predicted octanol–water partition coefficient (Wildman–Crippen LogP) is 2.50. The summed E-state index contributed by atoms with van der Waals surface area (Å²) < 4.78 is 18.0. The second-order valence-electron chi connectivity index (χ2n) is 3.97. The van der Waals surface area contributed by atoms with Gasteiger partial charge in [-0.2, -0.15) is 0 Å². The van der Waals surface area contributed by atoms with E-state index in [1.165, 1.54) is 31.4 Å². The molecule has 2 aromatic rings. The van der Waals surface area contributed by atoms with Crippen LogP contribution >= 0.6 is 0 Å². The molecule has 20 heavy (non-hydrogen) atoms. The van der Waals surface area contributed by atoms with Crippen molar-refractivity contribution in [2.45, 2.75) is 0 Å². The number of carbonyl (C=O) groups is 1. The van der Waals surface area contributed by atoms with Crippen LogP contribution in [0.5, 0.6) is 17.2 Å². The molecule has 6 heteroatoms. The largest absolute Gasteiger partial charge is 0.507 e. The van der Waals surface area contributed by atoms with E-state index in [1.54, 1.807) is 0 Å². The maximum Gasteiger partial charge on any atom is 0.263 e. The molecule has 0 aliphatic carbocycles. The van der Waals surface area contributed by atoms with E-state index in [0.717, 1.165) is 12.1 Å². The molecule has 0 spiro atoms. The molecule has 0 saturated heterocycles. The standard InChI is InChI=1S/C14H12FNO4/c1-20-12-7-8(15)5-6-9(12)16-14(19)13-10(17)3-2-4-11(13)18/h2-7,17-18H,1H3,(H,16,19). The van der Waals surface area contributed by atoms with E-state index in [9.17, 15) is 19.4 Å². The molecule has 0 aliphatic heterocycles. The summed E-state index contributed by atoms with van der Waals surface area (Å²) in [5.74, 6) is -1.82. The number of amides is 1. The number of phenolic OH excluding ortho intramolecular Hbond substituents is 2. The summed E-state index contributed by atoms with van der Waals surface area (Å²) in [6.45, 7) is 0. The van der Waals surface area contributed by atoms with Crippen LogP contribution in [-0.2, 0) is 0 Å². The highest BCUT2D eigenvalue weighted by molar-refractivity contribution is 6.08. The van der Waals surface area contributed by atoms with Gasteiger partial charge in [0, 0.05) is 6.07 Å². The van der Waals surface area contributed by atoms with E-state index >= 15 is 0 Å². The molecule has 0 bridgehead atoms. The molecule has 0 heterocycles. The molecule has 2 rings (SSSR count). The Hall–Kier alpha value is -2.76. The van der Waals surface area contributed by atoms with Crippen molar-refractivity contribution in [3.8, 4) is 17.2 Å². The van der Waals surface area contributed by atoms with Crippen molar-refractivity contribution >= 4 is 11.6 Å². The summed E-state index contributed by atoms with van der Waals surface area (Å²) in [6.07, 6.45) is 0. The van der Waals surface area contributed by atoms with Crippen LogP contribution in [0.15, 0.2) is 36.4 Å². The van der Waals surface area contributed by atoms with Gasteiger partial charge in [0.1, 0.15) is 28.6 Å². The molecule has 2 aromatic carbocycles. The van der Waals surface area contributed by atoms with Gasteiger partial charge in [0.2, 0.25) is 0 Å². The summed E-state index contributed by atoms with van der Waals surface area (Å²) in [7, 11) is 1.34. The molecule has 1 amide bonds. The van der Waals surface area contributed by atoms with Crippen LogP contribution in [0.4, 0.5) is 10.1 Å². The number of ether oxygens (including phenoxy) is 1. The third-order valence-corrected chi connectivity index (χ3v) is 2.66. The number of benzene rings is 2. The van der Waals surface area contributed by atoms with E-state index < -0.39 is 11.7 Å². The summed E-state index contributed by atoms with van der Waals surface area (Å²) in [5.41, 5.74) is -0.0413. The average Bonchev–Trinajstić information content (AvgIpc) is 2.40. The zero-order valence-corrected chi connectivity index (χ0v) is 10.6. The van der Waals surface area contributed by atoms with Gasteiger partial charge < -0.3 is 20.3 Å². The molecule has 5 nitrogen and oxygen atoms in total. The van der Waals surface area contributed by atoms with E-state index in [1.807, 2.05) is 0 Å². The predicted molar refractivity (Wildman–Crippen MR) is 70.7 cm³/mol. The number of hydrogen-bond donors (Lipinski definition) is 3. The summed E-state index contributed by atoms with van der Waals surface area (Å²) >= 11 is 0. The number of aromatic hydroxyl groups is 2. The van der Waals surface area contributed by atoms with Crippen LogP contribution < -0.4 is 10.1 Å². The fraction of sp³-hybridized carbons (Fsp3) is 0.0714. The first-order chi connectivity index (χ1) is 9.52. The number of anilines is 1. The molecular formula is C14H12FNO4. The first kappa shape index (κ1) is 13.7. The van der Waals surface area contributed by atoms with Crippen molar-refractivity contribution in [3.05, 3.63) is 47.8 Å². The van der Waals surface area contributed by atoms with Crippen LogP contribution in [-0.4, -0.2) is 23.2 Å². The number of carbonyl (C=O) groups excluding carboxylic acids is 1. The van der Waals surface area contributed by atoms with Gasteiger partial charge in [-0.05, 0) is 24.3 Å². The van der Waals surface area contributed by atoms with Crippen molar-refractivity contribution in [2.75, 3.05) is 12.4 Å². The first-order valence-electron chi connectivity index (χ1n) is 5.68. The summed E-state index contributed by atoms with van der Waals surface area (Å²) in [4.78, 5) is 12.0. The van der Waals surface area contributed by atoms with Gasteiger partial charge in [-0.15, -0.1) is 0 Å². The Balaban J connectivity index is 2.33. The fourth-order valence-corrected chi connectivity index (χ4v) is 1.71. The monoisotopic (exact) mass is 277 g/mol. The lowest BCUT2D eigenvalue weighted by molar-refractivity contribution is 0.102. The molecule has 104 valence electrons. The lowest BCUT2D eigenvalue weighted by Gasteiger charge is -2.11. The first-order valence-corrected chi connectivity index (χ1v) is 5.68. The van der Waals surface area contributed by atoms with E-state index in [0.29, 0.717) is 0 Å². The van der Waals surface area contributed by atoms with Gasteiger partial charge in [0.05, 0.1) is 12.8 Å². The Morgan fingerprint density at radius 1 is 1.20 bits per heavy atom. The zero-order valence-electron chi connectivity index (χ0n) is 10.6. The minimum Gasteiger partial charge on any atom is -0.507 e. The van der Waals surface area contributed by atoms with Gasteiger partial charge in [0.15, 0.2) is 0 Å². The molecule has 0 radical (unpaired) electrons. The summed E-state index contributed by atoms with van der Waals surface area (Å²) in [5, 5.41) is 21.6. The smallest absolute Gasteiger partial charge is 0.263 e. The molecule has 0 aliphatic rings. The third kappa shape index (κ3) is 2.64. The van der Waals surface area contributed by atoms with Gasteiger partial charge in [-0.1, -0.05) is 6.07 Å². The molecule has 0 fully saturated rings. The number of halogens is 1. The SMILES string of the molecule is COc1cc(F)ccc1NC(=O)c1c(O)cccc1O. The number of phenols is 2. The minimum atomic E-state index is -0.731. The highest BCUT2D eigenvalue weighted by atomic mass is 19.1. The Morgan fingerprint density at radius 3 is 2.45 bits per heavy atom. The normalized spacial score (nSPS) is 10.1. The second-order valence-corrected chi connectivity index (χ2v) is 3.97. The molecular weight excluding hydrogens is 265 g/mol. The minimum absolute atomic E-state index is 0.133. The highest BCUT2D eigenvalue weighted by Gasteiger charge is 2.17. The van der Waals surface area contributed by atoms with Gasteiger partial charge in [-0.25, -0.2) is 4.39 Å². The lowest BCUT2D eigenvalue weighted by atomic mass is 10.1. The van der Waals surface area contributed by atoms with Crippen molar-refractivity contribution in [2.24, 2.45) is 0 Å². The maximum absolute atomic E-state index is 13.1. The van der Waals surface area contributed by atoms with Gasteiger partial charge >= 0.3 is 0 Å². The number of rotatable bonds is 3. The van der Waals surface area contributed by atoms with E-state index in [4.69, 9.17) is 4.74 Å². The maximum atomic E-state index is 13.1. The van der Waals surface area contributed by atoms with Crippen molar-refractivity contribution in [1.82, 2.24) is 0 Å². The molecule has 0 saturated carbocycles. The van der Waals surface area contributed by atoms with Crippen LogP contribution in [0.3, 0.4) is 0 Å². The fourth-order valence-electron chi connectivity index (χ4n) is 1.71. The van der Waals surface area contributed by atoms with Crippen molar-refractivity contribution in [1.29, 1.82) is 0 Å². The number of methoxy groups -OCH3 is 1. The second kappa shape index (κ2) is 5.48. The number of nitrogens with one attached hydrogen (secondary N) is 1. The van der Waals surface area contributed by atoms with Crippen LogP contribution in [0, 0.1) is 5.82 Å². The lowest BCUT2D eigenvalue weighted by Crippen LogP contribution is -2.13. The van der Waals surface area contributed by atoms with Crippen LogP contribution in [0.2, 0.25) is 0 Å². The van der Waals surface area contributed by atoms with Crippen molar-refractivity contribution < 1.29 is 24.1 Å². The quantitative estimate of drug-likeness (QED) is 0.805. The Kier molecular flexibility index (Phi) is 3.74. The Morgan fingerprint density at radius 2 is 1.85 bits per heavy atom. The number of hydrogen-bond acceptors (Lipinski definition) is 4. The van der Waals surface area contributed by atoms with Crippen LogP contribution in [0.1, 0.15) is 10.4 Å². The Labute approximate surface area is 114 Å². The third-order valence-electron chi connectivity index (χ3n) is 2.66. The van der Waals surface area contributed by atoms with Crippen LogP contribution in [0.25, 0.3) is 0 Å². The van der Waals surface area contributed by atoms with Gasteiger partial charge in [0.25, 0.3) is 5.91 Å². The molecule has 0 atom stereocenters. The topological polar surface area (TPSA) is 78.8 Å². The van der Waals surface area contributed by atoms with E-state index in [2.05, 4.69) is 5.32 Å². The molecule has 0 unspecified atom stereocenters. The zero-order chi connectivity index (χ0) is 14.7.